The number of nitrogens with zero attached hydrogens (tertiary/aromatic N) is 4. The van der Waals surface area contributed by atoms with Crippen LogP contribution in [-0.4, -0.2) is 19.9 Å². The SMILES string of the molecule is c1ccc(-c2nc(-c3ccccc3)nc(-c3cccc4c3C3(c5ccccc5Oc5ccccc53)c3c(-c5nc6ccccc6s5)cccc3-4)n2)cc1. The highest BCUT2D eigenvalue weighted by Crippen LogP contribution is 2.65. The fraction of sp³-hybridized carbons (Fsp3) is 0.0213. The van der Waals surface area contributed by atoms with Crippen LogP contribution in [0.25, 0.3) is 66.1 Å². The zero-order valence-corrected chi connectivity index (χ0v) is 29.1. The lowest BCUT2D eigenvalue weighted by Crippen LogP contribution is -2.33. The monoisotopic (exact) mass is 696 g/mol. The van der Waals surface area contributed by atoms with Gasteiger partial charge in [0.25, 0.3) is 0 Å². The molecule has 11 rings (SSSR count). The fourth-order valence-corrected chi connectivity index (χ4v) is 9.30. The third-order valence-electron chi connectivity index (χ3n) is 10.4. The molecule has 1 aliphatic heterocycles. The van der Waals surface area contributed by atoms with Crippen LogP contribution >= 0.6 is 11.3 Å². The van der Waals surface area contributed by atoms with Gasteiger partial charge in [-0.25, -0.2) is 19.9 Å². The average Bonchev–Trinajstić information content (AvgIpc) is 3.80. The highest BCUT2D eigenvalue weighted by molar-refractivity contribution is 7.21. The van der Waals surface area contributed by atoms with Crippen LogP contribution < -0.4 is 4.74 Å². The molecule has 1 aliphatic carbocycles. The molecule has 9 aromatic rings. The van der Waals surface area contributed by atoms with E-state index in [1.807, 2.05) is 48.5 Å². The Labute approximate surface area is 309 Å². The van der Waals surface area contributed by atoms with Crippen LogP contribution in [0.5, 0.6) is 11.5 Å². The van der Waals surface area contributed by atoms with Crippen LogP contribution in [0.3, 0.4) is 0 Å². The Balaban J connectivity index is 1.28. The summed E-state index contributed by atoms with van der Waals surface area (Å²) in [5.41, 5.74) is 10.9. The number of thiazole rings is 1. The van der Waals surface area contributed by atoms with E-state index in [4.69, 9.17) is 24.7 Å². The average molecular weight is 697 g/mol. The van der Waals surface area contributed by atoms with Crippen LogP contribution in [-0.2, 0) is 5.41 Å². The van der Waals surface area contributed by atoms with Gasteiger partial charge in [0.1, 0.15) is 16.5 Å². The van der Waals surface area contributed by atoms with Crippen molar-refractivity contribution in [2.24, 2.45) is 0 Å². The van der Waals surface area contributed by atoms with Crippen molar-refractivity contribution in [2.45, 2.75) is 5.41 Å². The molecule has 6 heteroatoms. The summed E-state index contributed by atoms with van der Waals surface area (Å²) in [6.07, 6.45) is 0. The summed E-state index contributed by atoms with van der Waals surface area (Å²) in [5, 5.41) is 0.983. The summed E-state index contributed by atoms with van der Waals surface area (Å²) >= 11 is 1.73. The van der Waals surface area contributed by atoms with E-state index in [9.17, 15) is 0 Å². The highest BCUT2D eigenvalue weighted by atomic mass is 32.1. The van der Waals surface area contributed by atoms with Crippen molar-refractivity contribution in [1.82, 2.24) is 19.9 Å². The number of hydrogen-bond donors (Lipinski definition) is 0. The van der Waals surface area contributed by atoms with Gasteiger partial charge in [0, 0.05) is 33.4 Å². The first-order valence-electron chi connectivity index (χ1n) is 17.6. The molecule has 0 saturated carbocycles. The number of hydrogen-bond acceptors (Lipinski definition) is 6. The standard InChI is InChI=1S/C47H28N4OS/c1-3-15-29(16-4-1)43-49-44(30-17-5-2-6-18-30)51-45(50-43)33-21-13-19-31-32-20-14-22-34(46-48-37-25-9-12-28-40(37)53-46)42(32)47(41(31)33)35-23-7-10-26-38(35)52-39-27-11-8-24-36(39)47/h1-28H. The van der Waals surface area contributed by atoms with E-state index in [0.717, 1.165) is 76.8 Å². The van der Waals surface area contributed by atoms with Gasteiger partial charge in [-0.1, -0.05) is 146 Å². The number of fused-ring (bicyclic) bond motifs is 10. The van der Waals surface area contributed by atoms with E-state index in [2.05, 4.69) is 121 Å². The van der Waals surface area contributed by atoms with Crippen LogP contribution in [0.1, 0.15) is 22.3 Å². The Morgan fingerprint density at radius 3 is 1.51 bits per heavy atom. The van der Waals surface area contributed by atoms with Gasteiger partial charge in [-0.15, -0.1) is 11.3 Å². The van der Waals surface area contributed by atoms with Gasteiger partial charge in [0.15, 0.2) is 17.5 Å². The molecule has 0 saturated heterocycles. The highest BCUT2D eigenvalue weighted by Gasteiger charge is 2.54. The van der Waals surface area contributed by atoms with E-state index in [1.165, 1.54) is 5.56 Å². The van der Waals surface area contributed by atoms with Gasteiger partial charge in [-0.3, -0.25) is 0 Å². The summed E-state index contributed by atoms with van der Waals surface area (Å²) in [7, 11) is 0. The van der Waals surface area contributed by atoms with E-state index in [0.29, 0.717) is 17.5 Å². The molecular formula is C47H28N4OS. The van der Waals surface area contributed by atoms with Crippen molar-refractivity contribution in [3.8, 4) is 67.4 Å². The third-order valence-corrected chi connectivity index (χ3v) is 11.5. The number of rotatable bonds is 4. The van der Waals surface area contributed by atoms with Gasteiger partial charge in [-0.2, -0.15) is 0 Å². The fourth-order valence-electron chi connectivity index (χ4n) is 8.30. The molecular weight excluding hydrogens is 669 g/mol. The molecule has 0 radical (unpaired) electrons. The lowest BCUT2D eigenvalue weighted by molar-refractivity contribution is 0.436. The molecule has 0 fully saturated rings. The van der Waals surface area contributed by atoms with Crippen LogP contribution in [0.4, 0.5) is 0 Å². The van der Waals surface area contributed by atoms with Crippen LogP contribution in [0.2, 0.25) is 0 Å². The zero-order valence-electron chi connectivity index (χ0n) is 28.3. The normalized spacial score (nSPS) is 13.2. The predicted molar refractivity (Wildman–Crippen MR) is 212 cm³/mol. The van der Waals surface area contributed by atoms with Crippen molar-refractivity contribution < 1.29 is 4.74 Å². The Bertz CT molecular complexity index is 2750. The lowest BCUT2D eigenvalue weighted by atomic mass is 9.64. The van der Waals surface area contributed by atoms with Crippen molar-refractivity contribution >= 4 is 21.6 Å². The van der Waals surface area contributed by atoms with E-state index in [1.54, 1.807) is 11.3 Å². The summed E-state index contributed by atoms with van der Waals surface area (Å²) < 4.78 is 7.89. The third kappa shape index (κ3) is 4.43. The summed E-state index contributed by atoms with van der Waals surface area (Å²) in [4.78, 5) is 20.8. The maximum atomic E-state index is 6.73. The molecule has 1 spiro atoms. The van der Waals surface area contributed by atoms with Gasteiger partial charge in [-0.05, 0) is 46.5 Å². The molecule has 0 N–H and O–H groups in total. The molecule has 5 nitrogen and oxygen atoms in total. The maximum Gasteiger partial charge on any atom is 0.164 e. The quantitative estimate of drug-likeness (QED) is 0.183. The Morgan fingerprint density at radius 2 is 0.887 bits per heavy atom. The number of aromatic nitrogens is 4. The molecule has 0 bridgehead atoms. The molecule has 2 aliphatic rings. The Hall–Kier alpha value is -6.76. The maximum absolute atomic E-state index is 6.73. The minimum Gasteiger partial charge on any atom is -0.457 e. The zero-order chi connectivity index (χ0) is 34.9. The minimum atomic E-state index is -0.784. The minimum absolute atomic E-state index is 0.615. The second kappa shape index (κ2) is 11.6. The first-order chi connectivity index (χ1) is 26.3. The lowest BCUT2D eigenvalue weighted by Gasteiger charge is -2.40. The largest absolute Gasteiger partial charge is 0.457 e. The molecule has 0 unspecified atom stereocenters. The smallest absolute Gasteiger partial charge is 0.164 e. The van der Waals surface area contributed by atoms with Crippen LogP contribution in [0, 0.1) is 0 Å². The van der Waals surface area contributed by atoms with E-state index in [-0.39, 0.29) is 0 Å². The van der Waals surface area contributed by atoms with E-state index < -0.39 is 5.41 Å². The number of ether oxygens (including phenoxy) is 1. The second-order valence-electron chi connectivity index (χ2n) is 13.3. The molecule has 3 heterocycles. The first kappa shape index (κ1) is 29.9. The molecule has 2 aromatic heterocycles. The van der Waals surface area contributed by atoms with Gasteiger partial charge in [0.05, 0.1) is 15.6 Å². The first-order valence-corrected chi connectivity index (χ1v) is 18.5. The summed E-state index contributed by atoms with van der Waals surface area (Å²) in [6.45, 7) is 0. The number of para-hydroxylation sites is 3. The molecule has 0 amide bonds. The molecule has 248 valence electrons. The molecule has 0 atom stereocenters. The van der Waals surface area contributed by atoms with Crippen molar-refractivity contribution in [1.29, 1.82) is 0 Å². The number of benzene rings is 7. The summed E-state index contributed by atoms with van der Waals surface area (Å²) in [5.74, 6) is 3.51. The molecule has 53 heavy (non-hydrogen) atoms. The molecule has 7 aromatic carbocycles. The van der Waals surface area contributed by atoms with Crippen molar-refractivity contribution in [3.05, 3.63) is 192 Å². The van der Waals surface area contributed by atoms with E-state index >= 15 is 0 Å². The van der Waals surface area contributed by atoms with Crippen LogP contribution in [0.15, 0.2) is 170 Å². The van der Waals surface area contributed by atoms with Crippen molar-refractivity contribution in [3.63, 3.8) is 0 Å². The van der Waals surface area contributed by atoms with Gasteiger partial charge < -0.3 is 4.74 Å². The van der Waals surface area contributed by atoms with Crippen molar-refractivity contribution in [2.75, 3.05) is 0 Å². The second-order valence-corrected chi connectivity index (χ2v) is 14.4. The Morgan fingerprint density at radius 1 is 0.396 bits per heavy atom. The topological polar surface area (TPSA) is 60.8 Å². The summed E-state index contributed by atoms with van der Waals surface area (Å²) in [6, 6.07) is 58.8. The predicted octanol–water partition coefficient (Wildman–Crippen LogP) is 11.6. The van der Waals surface area contributed by atoms with Gasteiger partial charge in [0.2, 0.25) is 0 Å². The Kier molecular flexibility index (Phi) is 6.57. The van der Waals surface area contributed by atoms with Gasteiger partial charge >= 0.3 is 0 Å².